The molecule has 0 radical (unpaired) electrons. The summed E-state index contributed by atoms with van der Waals surface area (Å²) in [6.07, 6.45) is 0.777. The molecular weight excluding hydrogens is 230 g/mol. The van der Waals surface area contributed by atoms with E-state index in [4.69, 9.17) is 0 Å². The third-order valence-corrected chi connectivity index (χ3v) is 3.39. The standard InChI is InChI=1S/C14H27NOS/c1-8-11(9-17-10-13(2,3)4)12(16)15-14(5,6)7/h9H,8,10H2,1-7H3,(H,15,16). The number of hydrogen-bond acceptors (Lipinski definition) is 2. The van der Waals surface area contributed by atoms with Crippen LogP contribution in [0.25, 0.3) is 0 Å². The van der Waals surface area contributed by atoms with E-state index in [1.54, 1.807) is 11.8 Å². The Morgan fingerprint density at radius 1 is 1.18 bits per heavy atom. The lowest BCUT2D eigenvalue weighted by Crippen LogP contribution is -2.41. The van der Waals surface area contributed by atoms with E-state index in [0.717, 1.165) is 17.7 Å². The second kappa shape index (κ2) is 6.48. The zero-order chi connectivity index (χ0) is 13.7. The molecule has 0 aliphatic heterocycles. The number of amides is 1. The van der Waals surface area contributed by atoms with Gasteiger partial charge in [-0.15, -0.1) is 11.8 Å². The van der Waals surface area contributed by atoms with Crippen molar-refractivity contribution in [2.75, 3.05) is 5.75 Å². The molecule has 17 heavy (non-hydrogen) atoms. The number of carbonyl (C=O) groups excluding carboxylic acids is 1. The quantitative estimate of drug-likeness (QED) is 0.772. The van der Waals surface area contributed by atoms with Gasteiger partial charge in [-0.05, 0) is 38.0 Å². The van der Waals surface area contributed by atoms with Gasteiger partial charge < -0.3 is 5.32 Å². The molecule has 0 aliphatic carbocycles. The topological polar surface area (TPSA) is 29.1 Å². The van der Waals surface area contributed by atoms with Crippen LogP contribution in [0.1, 0.15) is 54.9 Å². The molecule has 0 atom stereocenters. The lowest BCUT2D eigenvalue weighted by atomic mass is 10.0. The van der Waals surface area contributed by atoms with Gasteiger partial charge in [-0.25, -0.2) is 0 Å². The maximum Gasteiger partial charge on any atom is 0.248 e. The Kier molecular flexibility index (Phi) is 6.31. The fourth-order valence-corrected chi connectivity index (χ4v) is 2.17. The summed E-state index contributed by atoms with van der Waals surface area (Å²) < 4.78 is 0. The van der Waals surface area contributed by atoms with Gasteiger partial charge in [0.1, 0.15) is 0 Å². The summed E-state index contributed by atoms with van der Waals surface area (Å²) in [5, 5.41) is 5.00. The van der Waals surface area contributed by atoms with Crippen molar-refractivity contribution in [3.8, 4) is 0 Å². The predicted molar refractivity (Wildman–Crippen MR) is 78.2 cm³/mol. The molecule has 2 nitrogen and oxygen atoms in total. The van der Waals surface area contributed by atoms with Crippen molar-refractivity contribution in [2.45, 2.75) is 60.4 Å². The molecule has 100 valence electrons. The maximum absolute atomic E-state index is 12.0. The fourth-order valence-electron chi connectivity index (χ4n) is 1.11. The van der Waals surface area contributed by atoms with Crippen molar-refractivity contribution in [1.82, 2.24) is 5.32 Å². The Bertz CT molecular complexity index is 282. The Hall–Kier alpha value is -0.440. The number of hydrogen-bond donors (Lipinski definition) is 1. The molecule has 0 rings (SSSR count). The summed E-state index contributed by atoms with van der Waals surface area (Å²) in [7, 11) is 0. The summed E-state index contributed by atoms with van der Waals surface area (Å²) in [5.41, 5.74) is 0.995. The van der Waals surface area contributed by atoms with Crippen LogP contribution >= 0.6 is 11.8 Å². The maximum atomic E-state index is 12.0. The van der Waals surface area contributed by atoms with Crippen molar-refractivity contribution >= 4 is 17.7 Å². The molecule has 0 bridgehead atoms. The lowest BCUT2D eigenvalue weighted by Gasteiger charge is -2.21. The third kappa shape index (κ3) is 9.28. The summed E-state index contributed by atoms with van der Waals surface area (Å²) in [4.78, 5) is 12.0. The molecule has 0 aromatic carbocycles. The first kappa shape index (κ1) is 16.6. The van der Waals surface area contributed by atoms with Gasteiger partial charge in [0, 0.05) is 16.9 Å². The molecule has 0 saturated heterocycles. The molecule has 0 heterocycles. The highest BCUT2D eigenvalue weighted by molar-refractivity contribution is 8.02. The van der Waals surface area contributed by atoms with Crippen molar-refractivity contribution in [3.05, 3.63) is 11.0 Å². The Morgan fingerprint density at radius 3 is 2.06 bits per heavy atom. The number of rotatable bonds is 4. The fraction of sp³-hybridized carbons (Fsp3) is 0.786. The van der Waals surface area contributed by atoms with Gasteiger partial charge in [0.15, 0.2) is 0 Å². The Labute approximate surface area is 111 Å². The minimum atomic E-state index is -0.167. The second-order valence-corrected chi connectivity index (χ2v) is 7.43. The minimum absolute atomic E-state index is 0.0569. The van der Waals surface area contributed by atoms with E-state index in [1.165, 1.54) is 0 Å². The largest absolute Gasteiger partial charge is 0.348 e. The molecule has 1 N–H and O–H groups in total. The van der Waals surface area contributed by atoms with Gasteiger partial charge >= 0.3 is 0 Å². The van der Waals surface area contributed by atoms with Gasteiger partial charge in [-0.1, -0.05) is 27.7 Å². The van der Waals surface area contributed by atoms with Crippen molar-refractivity contribution < 1.29 is 4.79 Å². The minimum Gasteiger partial charge on any atom is -0.348 e. The summed E-state index contributed by atoms with van der Waals surface area (Å²) in [5.74, 6) is 1.08. The molecular formula is C14H27NOS. The van der Waals surface area contributed by atoms with E-state index in [2.05, 4.69) is 26.1 Å². The monoisotopic (exact) mass is 257 g/mol. The second-order valence-electron chi connectivity index (χ2n) is 6.57. The number of carbonyl (C=O) groups is 1. The van der Waals surface area contributed by atoms with Crippen molar-refractivity contribution in [3.63, 3.8) is 0 Å². The highest BCUT2D eigenvalue weighted by Gasteiger charge is 2.16. The molecule has 0 aliphatic rings. The van der Waals surface area contributed by atoms with E-state index in [1.807, 2.05) is 33.1 Å². The average Bonchev–Trinajstić information content (AvgIpc) is 2.07. The third-order valence-electron chi connectivity index (χ3n) is 1.90. The molecule has 0 aromatic heterocycles. The van der Waals surface area contributed by atoms with Gasteiger partial charge in [0.25, 0.3) is 0 Å². The van der Waals surface area contributed by atoms with Crippen LogP contribution in [-0.2, 0) is 4.79 Å². The smallest absolute Gasteiger partial charge is 0.248 e. The summed E-state index contributed by atoms with van der Waals surface area (Å²) >= 11 is 1.72. The highest BCUT2D eigenvalue weighted by atomic mass is 32.2. The van der Waals surface area contributed by atoms with E-state index < -0.39 is 0 Å². The molecule has 3 heteroatoms. The predicted octanol–water partition coefficient (Wildman–Crippen LogP) is 3.97. The van der Waals surface area contributed by atoms with Gasteiger partial charge in [0.2, 0.25) is 5.91 Å². The number of thioether (sulfide) groups is 1. The first-order valence-corrected chi connectivity index (χ1v) is 7.23. The molecule has 1 amide bonds. The average molecular weight is 257 g/mol. The summed E-state index contributed by atoms with van der Waals surface area (Å²) in [6.45, 7) is 14.6. The zero-order valence-corrected chi connectivity index (χ0v) is 13.1. The molecule has 0 spiro atoms. The first-order valence-electron chi connectivity index (χ1n) is 6.18. The van der Waals surface area contributed by atoms with Crippen LogP contribution in [0.2, 0.25) is 0 Å². The molecule has 0 saturated carbocycles. The summed E-state index contributed by atoms with van der Waals surface area (Å²) in [6, 6.07) is 0. The van der Waals surface area contributed by atoms with E-state index in [9.17, 15) is 4.79 Å². The van der Waals surface area contributed by atoms with Crippen molar-refractivity contribution in [2.24, 2.45) is 5.41 Å². The van der Waals surface area contributed by atoms with E-state index >= 15 is 0 Å². The van der Waals surface area contributed by atoms with Gasteiger partial charge in [0.05, 0.1) is 0 Å². The Morgan fingerprint density at radius 2 is 1.71 bits per heavy atom. The van der Waals surface area contributed by atoms with E-state index in [0.29, 0.717) is 5.41 Å². The van der Waals surface area contributed by atoms with Crippen LogP contribution in [0, 0.1) is 5.41 Å². The highest BCUT2D eigenvalue weighted by Crippen LogP contribution is 2.22. The molecule has 0 fully saturated rings. The first-order chi connectivity index (χ1) is 7.55. The molecule has 0 unspecified atom stereocenters. The van der Waals surface area contributed by atoms with Crippen LogP contribution in [0.3, 0.4) is 0 Å². The lowest BCUT2D eigenvalue weighted by molar-refractivity contribution is -0.118. The zero-order valence-electron chi connectivity index (χ0n) is 12.3. The van der Waals surface area contributed by atoms with Gasteiger partial charge in [-0.2, -0.15) is 0 Å². The van der Waals surface area contributed by atoms with Crippen LogP contribution in [0.4, 0.5) is 0 Å². The van der Waals surface area contributed by atoms with Crippen molar-refractivity contribution in [1.29, 1.82) is 0 Å². The van der Waals surface area contributed by atoms with Gasteiger partial charge in [-0.3, -0.25) is 4.79 Å². The number of nitrogens with one attached hydrogen (secondary N) is 1. The normalized spacial score (nSPS) is 13.7. The van der Waals surface area contributed by atoms with Crippen LogP contribution in [-0.4, -0.2) is 17.2 Å². The van der Waals surface area contributed by atoms with Crippen LogP contribution < -0.4 is 5.32 Å². The van der Waals surface area contributed by atoms with E-state index in [-0.39, 0.29) is 11.4 Å². The Balaban J connectivity index is 4.41. The van der Waals surface area contributed by atoms with Crippen LogP contribution in [0.15, 0.2) is 11.0 Å². The molecule has 0 aromatic rings. The SMILES string of the molecule is CCC(=CSCC(C)(C)C)C(=O)NC(C)(C)C. The van der Waals surface area contributed by atoms with Crippen LogP contribution in [0.5, 0.6) is 0 Å².